The summed E-state index contributed by atoms with van der Waals surface area (Å²) in [4.78, 5) is 47.7. The number of benzene rings is 1. The Balaban J connectivity index is 1.62. The second-order valence-electron chi connectivity index (χ2n) is 15.6. The molecule has 1 aromatic carbocycles. The molecule has 2 aromatic rings. The number of rotatable bonds is 14. The number of likely N-dealkylation sites (tertiary alicyclic amines) is 1. The van der Waals surface area contributed by atoms with Crippen molar-refractivity contribution < 1.29 is 51.9 Å². The van der Waals surface area contributed by atoms with Gasteiger partial charge in [-0.05, 0) is 78.5 Å². The molecule has 2 N–H and O–H groups in total. The number of methoxy groups -OCH3 is 3. The Bertz CT molecular complexity index is 1670. The Morgan fingerprint density at radius 2 is 1.73 bits per heavy atom. The minimum absolute atomic E-state index is 0.0147. The highest BCUT2D eigenvalue weighted by Crippen LogP contribution is 2.34. The van der Waals surface area contributed by atoms with Crippen molar-refractivity contribution in [3.63, 3.8) is 0 Å². The van der Waals surface area contributed by atoms with Gasteiger partial charge in [-0.25, -0.2) is 18.9 Å². The number of anilines is 1. The summed E-state index contributed by atoms with van der Waals surface area (Å²) in [5.41, 5.74) is -0.572. The number of thiocarbonyl (C=S) groups is 1. The third-order valence-corrected chi connectivity index (χ3v) is 9.41. The van der Waals surface area contributed by atoms with Crippen LogP contribution in [0.5, 0.6) is 11.5 Å². The lowest BCUT2D eigenvalue weighted by atomic mass is 9.80. The number of aromatic nitrogens is 1. The number of imide groups is 1. The summed E-state index contributed by atoms with van der Waals surface area (Å²) < 4.78 is 54.3. The van der Waals surface area contributed by atoms with Crippen LogP contribution in [0.1, 0.15) is 59.9 Å². The van der Waals surface area contributed by atoms with E-state index in [0.29, 0.717) is 31.7 Å². The number of ether oxygens (including phenoxy) is 7. The van der Waals surface area contributed by atoms with Gasteiger partial charge < -0.3 is 48.7 Å². The first-order chi connectivity index (χ1) is 26.4. The maximum atomic E-state index is 14.7. The number of hydrogen-bond acceptors (Lipinski definition) is 13. The zero-order valence-corrected chi connectivity index (χ0v) is 34.5. The van der Waals surface area contributed by atoms with Crippen molar-refractivity contribution in [2.45, 2.75) is 90.6 Å². The van der Waals surface area contributed by atoms with E-state index in [9.17, 15) is 18.8 Å². The second-order valence-corrected chi connectivity index (χ2v) is 16.0. The SMILES string of the molecule is COc1c(F)cccc1NC(=S)C1C(=O)N(C(=O)OC(C)(C)C)CC(CCC(OC)OC)C1NCc1ccncc1OC[C@@H]1CN(C(=O)OC(C)(C)C)CCO1. The molecule has 310 valence electrons. The van der Waals surface area contributed by atoms with Crippen LogP contribution in [0.4, 0.5) is 19.7 Å². The molecule has 2 saturated heterocycles. The summed E-state index contributed by atoms with van der Waals surface area (Å²) in [6, 6.07) is 5.46. The van der Waals surface area contributed by atoms with Crippen LogP contribution in [0.2, 0.25) is 0 Å². The monoisotopic (exact) mass is 805 g/mol. The number of carbonyl (C=O) groups excluding carboxylic acids is 3. The number of para-hydroxylation sites is 1. The van der Waals surface area contributed by atoms with Crippen LogP contribution in [-0.2, 0) is 35.0 Å². The molecule has 3 heterocycles. The lowest BCUT2D eigenvalue weighted by molar-refractivity contribution is -0.139. The van der Waals surface area contributed by atoms with Crippen LogP contribution in [-0.4, -0.2) is 122 Å². The van der Waals surface area contributed by atoms with Crippen molar-refractivity contribution in [1.29, 1.82) is 0 Å². The molecule has 1 aromatic heterocycles. The van der Waals surface area contributed by atoms with E-state index in [-0.39, 0.29) is 48.6 Å². The van der Waals surface area contributed by atoms with Gasteiger partial charge in [-0.15, -0.1) is 0 Å². The number of carbonyl (C=O) groups is 3. The van der Waals surface area contributed by atoms with E-state index in [1.807, 2.05) is 20.8 Å². The number of morpholine rings is 1. The summed E-state index contributed by atoms with van der Waals surface area (Å²) in [5.74, 6) is -2.33. The third kappa shape index (κ3) is 12.4. The second kappa shape index (κ2) is 19.8. The zero-order chi connectivity index (χ0) is 41.2. The van der Waals surface area contributed by atoms with Gasteiger partial charge in [0.05, 0.1) is 37.1 Å². The number of amides is 3. The van der Waals surface area contributed by atoms with Crippen LogP contribution in [0.25, 0.3) is 0 Å². The molecule has 0 saturated carbocycles. The number of nitrogens with one attached hydrogen (secondary N) is 2. The predicted molar refractivity (Wildman–Crippen MR) is 209 cm³/mol. The van der Waals surface area contributed by atoms with Crippen LogP contribution in [0.15, 0.2) is 36.7 Å². The molecule has 3 amide bonds. The summed E-state index contributed by atoms with van der Waals surface area (Å²) in [6.45, 7) is 12.0. The average molecular weight is 806 g/mol. The van der Waals surface area contributed by atoms with Crippen molar-refractivity contribution >= 4 is 41.0 Å². The van der Waals surface area contributed by atoms with E-state index in [2.05, 4.69) is 15.6 Å². The van der Waals surface area contributed by atoms with Gasteiger partial charge in [0.2, 0.25) is 5.91 Å². The van der Waals surface area contributed by atoms with Gasteiger partial charge in [0.25, 0.3) is 0 Å². The number of pyridine rings is 1. The van der Waals surface area contributed by atoms with Crippen molar-refractivity contribution in [2.75, 3.05) is 59.5 Å². The highest BCUT2D eigenvalue weighted by atomic mass is 32.1. The zero-order valence-electron chi connectivity index (χ0n) is 33.7. The molecule has 2 aliphatic heterocycles. The quantitative estimate of drug-likeness (QED) is 0.181. The molecule has 3 unspecified atom stereocenters. The fourth-order valence-electron chi connectivity index (χ4n) is 6.46. The summed E-state index contributed by atoms with van der Waals surface area (Å²) in [6.07, 6.45) is 1.90. The Hall–Kier alpha value is -4.16. The summed E-state index contributed by atoms with van der Waals surface area (Å²) in [7, 11) is 4.40. The lowest BCUT2D eigenvalue weighted by Crippen LogP contribution is -2.62. The highest BCUT2D eigenvalue weighted by Gasteiger charge is 2.48. The van der Waals surface area contributed by atoms with Gasteiger partial charge in [0, 0.05) is 51.7 Å². The normalized spacial score (nSPS) is 20.4. The summed E-state index contributed by atoms with van der Waals surface area (Å²) in [5, 5.41) is 6.57. The molecular formula is C39H56FN5O10S. The van der Waals surface area contributed by atoms with E-state index in [0.717, 1.165) is 10.5 Å². The molecule has 0 aliphatic carbocycles. The Morgan fingerprint density at radius 1 is 1.04 bits per heavy atom. The fourth-order valence-corrected chi connectivity index (χ4v) is 6.82. The van der Waals surface area contributed by atoms with E-state index in [1.165, 1.54) is 33.5 Å². The largest absolute Gasteiger partial charge is 0.492 e. The van der Waals surface area contributed by atoms with Gasteiger partial charge >= 0.3 is 12.2 Å². The number of nitrogens with zero attached hydrogens (tertiary/aromatic N) is 3. The van der Waals surface area contributed by atoms with Gasteiger partial charge in [-0.2, -0.15) is 0 Å². The molecule has 56 heavy (non-hydrogen) atoms. The van der Waals surface area contributed by atoms with Crippen molar-refractivity contribution in [3.05, 3.63) is 48.0 Å². The van der Waals surface area contributed by atoms with Gasteiger partial charge in [0.15, 0.2) is 17.9 Å². The maximum absolute atomic E-state index is 14.7. The third-order valence-electron chi connectivity index (χ3n) is 9.05. The number of piperidine rings is 1. The minimum Gasteiger partial charge on any atom is -0.492 e. The van der Waals surface area contributed by atoms with Gasteiger partial charge in [-0.3, -0.25) is 9.78 Å². The van der Waals surface area contributed by atoms with Crippen molar-refractivity contribution in [3.8, 4) is 11.5 Å². The van der Waals surface area contributed by atoms with Crippen LogP contribution in [0, 0.1) is 17.7 Å². The molecule has 0 radical (unpaired) electrons. The molecule has 15 nitrogen and oxygen atoms in total. The fraction of sp³-hybridized carbons (Fsp3) is 0.615. The minimum atomic E-state index is -1.12. The topological polar surface area (TPSA) is 159 Å². The Kier molecular flexibility index (Phi) is 15.8. The Morgan fingerprint density at radius 3 is 2.39 bits per heavy atom. The molecule has 2 fully saturated rings. The average Bonchev–Trinajstić information content (AvgIpc) is 3.13. The van der Waals surface area contributed by atoms with E-state index in [4.69, 9.17) is 45.4 Å². The van der Waals surface area contributed by atoms with E-state index in [1.54, 1.807) is 50.2 Å². The first-order valence-electron chi connectivity index (χ1n) is 18.6. The van der Waals surface area contributed by atoms with Gasteiger partial charge in [0.1, 0.15) is 35.6 Å². The van der Waals surface area contributed by atoms with Crippen LogP contribution < -0.4 is 20.1 Å². The molecule has 2 aliphatic rings. The smallest absolute Gasteiger partial charge is 0.417 e. The molecular weight excluding hydrogens is 750 g/mol. The molecule has 0 spiro atoms. The number of hydrogen-bond donors (Lipinski definition) is 2. The lowest BCUT2D eigenvalue weighted by Gasteiger charge is -2.43. The predicted octanol–water partition coefficient (Wildman–Crippen LogP) is 5.55. The van der Waals surface area contributed by atoms with E-state index >= 15 is 0 Å². The molecule has 4 rings (SSSR count). The van der Waals surface area contributed by atoms with Crippen LogP contribution >= 0.6 is 12.2 Å². The first-order valence-corrected chi connectivity index (χ1v) is 19.0. The maximum Gasteiger partial charge on any atom is 0.417 e. The molecule has 17 heteroatoms. The standard InChI is InChI=1S/C39H56FN5O10S/c1-38(2,3)54-36(47)44-17-18-52-26(22-44)23-53-29-20-41-16-15-24(29)19-42-32-25(13-14-30(49-7)50-8)21-45(37(48)55-39(4,5)6)35(46)31(32)34(56)43-28-12-10-11-27(40)33(28)51-9/h10-12,15-16,20,25-26,30-32,42H,13-14,17-19,21-23H2,1-9H3,(H,43,56)/t25?,26-,31?,32?/m0/s1. The summed E-state index contributed by atoms with van der Waals surface area (Å²) >= 11 is 5.91. The Labute approximate surface area is 333 Å². The number of halogens is 1. The van der Waals surface area contributed by atoms with Crippen LogP contribution in [0.3, 0.4) is 0 Å². The van der Waals surface area contributed by atoms with Crippen molar-refractivity contribution in [1.82, 2.24) is 20.1 Å². The first kappa shape index (κ1) is 44.6. The van der Waals surface area contributed by atoms with Crippen molar-refractivity contribution in [2.24, 2.45) is 11.8 Å². The van der Waals surface area contributed by atoms with Gasteiger partial charge in [-0.1, -0.05) is 18.3 Å². The highest BCUT2D eigenvalue weighted by molar-refractivity contribution is 7.80. The molecule has 0 bridgehead atoms. The molecule has 4 atom stereocenters. The van der Waals surface area contributed by atoms with E-state index < -0.39 is 59.5 Å².